The zero-order chi connectivity index (χ0) is 20.7. The molecule has 2 aromatic rings. The van der Waals surface area contributed by atoms with Crippen molar-refractivity contribution in [3.63, 3.8) is 0 Å². The van der Waals surface area contributed by atoms with E-state index in [4.69, 9.17) is 14.2 Å². The Balaban J connectivity index is 1.64. The summed E-state index contributed by atoms with van der Waals surface area (Å²) in [4.78, 5) is 0. The molecule has 2 atom stereocenters. The molecule has 158 valence electrons. The number of nitrogens with one attached hydrogen (secondary N) is 1. The van der Waals surface area contributed by atoms with Gasteiger partial charge in [-0.15, -0.1) is 0 Å². The molecule has 1 aliphatic carbocycles. The molecular weight excluding hydrogens is 366 g/mol. The number of aliphatic hydroxyl groups excluding tert-OH is 1. The normalized spacial score (nSPS) is 17.5. The Hall–Kier alpha value is -2.24. The first-order valence-electron chi connectivity index (χ1n) is 10.4. The highest BCUT2D eigenvalue weighted by atomic mass is 16.5. The van der Waals surface area contributed by atoms with Crippen molar-refractivity contribution in [2.75, 3.05) is 27.4 Å². The summed E-state index contributed by atoms with van der Waals surface area (Å²) in [5.74, 6) is 2.29. The zero-order valence-electron chi connectivity index (χ0n) is 17.7. The maximum Gasteiger partial charge on any atom is 0.161 e. The third-order valence-corrected chi connectivity index (χ3v) is 6.13. The van der Waals surface area contributed by atoms with Crippen LogP contribution in [0.5, 0.6) is 17.2 Å². The molecule has 3 rings (SSSR count). The van der Waals surface area contributed by atoms with Crippen LogP contribution < -0.4 is 19.5 Å². The second-order valence-corrected chi connectivity index (χ2v) is 7.84. The van der Waals surface area contributed by atoms with Crippen LogP contribution in [0.3, 0.4) is 0 Å². The van der Waals surface area contributed by atoms with Crippen LogP contribution in [0, 0.1) is 0 Å². The number of methoxy groups -OCH3 is 2. The second-order valence-electron chi connectivity index (χ2n) is 7.84. The van der Waals surface area contributed by atoms with E-state index in [1.807, 2.05) is 36.4 Å². The number of ether oxygens (including phenoxy) is 3. The molecule has 5 heteroatoms. The van der Waals surface area contributed by atoms with E-state index in [9.17, 15) is 5.11 Å². The predicted molar refractivity (Wildman–Crippen MR) is 115 cm³/mol. The van der Waals surface area contributed by atoms with E-state index in [0.29, 0.717) is 6.54 Å². The fourth-order valence-electron chi connectivity index (χ4n) is 4.40. The zero-order valence-corrected chi connectivity index (χ0v) is 17.7. The maximum absolute atomic E-state index is 10.4. The predicted octanol–water partition coefficient (Wildman–Crippen LogP) is 3.93. The van der Waals surface area contributed by atoms with E-state index < -0.39 is 6.10 Å². The Morgan fingerprint density at radius 2 is 1.69 bits per heavy atom. The lowest BCUT2D eigenvalue weighted by Crippen LogP contribution is -2.48. The van der Waals surface area contributed by atoms with Crippen molar-refractivity contribution in [3.8, 4) is 17.2 Å². The van der Waals surface area contributed by atoms with Crippen molar-refractivity contribution in [2.24, 2.45) is 0 Å². The lowest BCUT2D eigenvalue weighted by atomic mass is 9.73. The number of rotatable bonds is 10. The van der Waals surface area contributed by atoms with Gasteiger partial charge in [0.1, 0.15) is 18.5 Å². The molecule has 0 amide bonds. The molecule has 2 unspecified atom stereocenters. The Morgan fingerprint density at radius 3 is 2.34 bits per heavy atom. The van der Waals surface area contributed by atoms with Gasteiger partial charge in [0.2, 0.25) is 0 Å². The number of hydrogen-bond donors (Lipinski definition) is 2. The molecule has 1 aliphatic rings. The first-order chi connectivity index (χ1) is 14.1. The van der Waals surface area contributed by atoms with Crippen LogP contribution in [0.15, 0.2) is 48.5 Å². The second kappa shape index (κ2) is 9.99. The van der Waals surface area contributed by atoms with Crippen LogP contribution in [0.1, 0.15) is 38.2 Å². The SMILES string of the molecule is COc1ccc(C2(C(C)NCC(O)COc3ccccc3)CCCC2)cc1OC. The van der Waals surface area contributed by atoms with E-state index >= 15 is 0 Å². The minimum absolute atomic E-state index is 0.0273. The molecule has 1 fully saturated rings. The van der Waals surface area contributed by atoms with Gasteiger partial charge in [-0.3, -0.25) is 0 Å². The first-order valence-corrected chi connectivity index (χ1v) is 10.4. The minimum atomic E-state index is -0.568. The average Bonchev–Trinajstić information content (AvgIpc) is 3.27. The molecule has 29 heavy (non-hydrogen) atoms. The quantitative estimate of drug-likeness (QED) is 0.634. The van der Waals surface area contributed by atoms with Crippen molar-refractivity contribution >= 4 is 0 Å². The molecule has 0 bridgehead atoms. The Bertz CT molecular complexity index is 759. The Morgan fingerprint density at radius 1 is 1.00 bits per heavy atom. The number of aliphatic hydroxyl groups is 1. The monoisotopic (exact) mass is 399 g/mol. The van der Waals surface area contributed by atoms with Crippen molar-refractivity contribution < 1.29 is 19.3 Å². The smallest absolute Gasteiger partial charge is 0.161 e. The number of hydrogen-bond acceptors (Lipinski definition) is 5. The third kappa shape index (κ3) is 5.03. The average molecular weight is 400 g/mol. The molecule has 2 N–H and O–H groups in total. The molecule has 2 aromatic carbocycles. The van der Waals surface area contributed by atoms with Gasteiger partial charge in [0.15, 0.2) is 11.5 Å². The summed E-state index contributed by atoms with van der Waals surface area (Å²) in [6.45, 7) is 2.98. The van der Waals surface area contributed by atoms with Gasteiger partial charge >= 0.3 is 0 Å². The van der Waals surface area contributed by atoms with Crippen LogP contribution in [0.2, 0.25) is 0 Å². The molecule has 0 aliphatic heterocycles. The largest absolute Gasteiger partial charge is 0.493 e. The summed E-state index contributed by atoms with van der Waals surface area (Å²) in [7, 11) is 3.33. The van der Waals surface area contributed by atoms with Crippen LogP contribution in [0.4, 0.5) is 0 Å². The van der Waals surface area contributed by atoms with Crippen molar-refractivity contribution in [2.45, 2.75) is 50.2 Å². The van der Waals surface area contributed by atoms with Gasteiger partial charge in [0, 0.05) is 18.0 Å². The summed E-state index contributed by atoms with van der Waals surface area (Å²) < 4.78 is 16.6. The number of benzene rings is 2. The van der Waals surface area contributed by atoms with Gasteiger partial charge < -0.3 is 24.6 Å². The van der Waals surface area contributed by atoms with E-state index in [1.165, 1.54) is 18.4 Å². The van der Waals surface area contributed by atoms with Crippen LogP contribution >= 0.6 is 0 Å². The summed E-state index contributed by atoms with van der Waals surface area (Å²) >= 11 is 0. The molecule has 0 spiro atoms. The van der Waals surface area contributed by atoms with Crippen LogP contribution in [0.25, 0.3) is 0 Å². The van der Waals surface area contributed by atoms with E-state index in [2.05, 4.69) is 24.4 Å². The molecule has 0 heterocycles. The fourth-order valence-corrected chi connectivity index (χ4v) is 4.40. The highest BCUT2D eigenvalue weighted by Crippen LogP contribution is 2.45. The molecule has 0 radical (unpaired) electrons. The first kappa shape index (κ1) is 21.5. The number of para-hydroxylation sites is 1. The van der Waals surface area contributed by atoms with Gasteiger partial charge in [0.25, 0.3) is 0 Å². The Kier molecular flexibility index (Phi) is 7.40. The molecule has 5 nitrogen and oxygen atoms in total. The molecule has 1 saturated carbocycles. The van der Waals surface area contributed by atoms with Gasteiger partial charge in [-0.05, 0) is 49.6 Å². The third-order valence-electron chi connectivity index (χ3n) is 6.13. The highest BCUT2D eigenvalue weighted by molar-refractivity contribution is 5.46. The fraction of sp³-hybridized carbons (Fsp3) is 0.500. The van der Waals surface area contributed by atoms with E-state index in [0.717, 1.165) is 30.1 Å². The summed E-state index contributed by atoms with van der Waals surface area (Å²) in [6.07, 6.45) is 4.09. The van der Waals surface area contributed by atoms with E-state index in [-0.39, 0.29) is 18.1 Å². The minimum Gasteiger partial charge on any atom is -0.493 e. The Labute approximate surface area is 174 Å². The van der Waals surface area contributed by atoms with Gasteiger partial charge in [-0.1, -0.05) is 37.1 Å². The van der Waals surface area contributed by atoms with Crippen LogP contribution in [-0.2, 0) is 5.41 Å². The molecule has 0 saturated heterocycles. The van der Waals surface area contributed by atoms with E-state index in [1.54, 1.807) is 14.2 Å². The molecular formula is C24H33NO4. The summed E-state index contributed by atoms with van der Waals surface area (Å²) in [6, 6.07) is 16.1. The summed E-state index contributed by atoms with van der Waals surface area (Å²) in [5, 5.41) is 13.9. The standard InChI is InChI=1S/C24H33NO4/c1-18(25-16-20(26)17-29-21-9-5-4-6-10-21)24(13-7-8-14-24)19-11-12-22(27-2)23(15-19)28-3/h4-6,9-12,15,18,20,25-26H,7-8,13-14,16-17H2,1-3H3. The van der Waals surface area contributed by atoms with Crippen molar-refractivity contribution in [3.05, 3.63) is 54.1 Å². The van der Waals surface area contributed by atoms with Crippen molar-refractivity contribution in [1.82, 2.24) is 5.32 Å². The van der Waals surface area contributed by atoms with Gasteiger partial charge in [0.05, 0.1) is 14.2 Å². The van der Waals surface area contributed by atoms with Gasteiger partial charge in [-0.2, -0.15) is 0 Å². The lowest BCUT2D eigenvalue weighted by Gasteiger charge is -2.37. The molecule has 0 aromatic heterocycles. The summed E-state index contributed by atoms with van der Waals surface area (Å²) in [5.41, 5.74) is 1.29. The highest BCUT2D eigenvalue weighted by Gasteiger charge is 2.41. The lowest BCUT2D eigenvalue weighted by molar-refractivity contribution is 0.1000. The van der Waals surface area contributed by atoms with Crippen LogP contribution in [-0.4, -0.2) is 44.6 Å². The van der Waals surface area contributed by atoms with Crippen molar-refractivity contribution in [1.29, 1.82) is 0 Å². The van der Waals surface area contributed by atoms with Gasteiger partial charge in [-0.25, -0.2) is 0 Å². The maximum atomic E-state index is 10.4. The topological polar surface area (TPSA) is 60.0 Å².